The molecule has 0 saturated heterocycles. The molecule has 1 nitrogen and oxygen atoms in total. The Morgan fingerprint density at radius 3 is 2.93 bits per heavy atom. The topological polar surface area (TPSA) is 12.9 Å². The normalized spacial score (nSPS) is 10.1. The van der Waals surface area contributed by atoms with E-state index in [4.69, 9.17) is 6.42 Å². The molecule has 0 spiro atoms. The maximum absolute atomic E-state index is 13.2. The third kappa shape index (κ3) is 1.23. The summed E-state index contributed by atoms with van der Waals surface area (Å²) >= 11 is 0. The molecular formula is C12H8FN. The van der Waals surface area contributed by atoms with E-state index in [1.54, 1.807) is 0 Å². The molecule has 0 aliphatic rings. The van der Waals surface area contributed by atoms with Gasteiger partial charge >= 0.3 is 0 Å². The Morgan fingerprint density at radius 2 is 2.21 bits per heavy atom. The van der Waals surface area contributed by atoms with E-state index in [9.17, 15) is 4.39 Å². The maximum Gasteiger partial charge on any atom is 0.229 e. The van der Waals surface area contributed by atoms with Crippen LogP contribution in [-0.2, 0) is 0 Å². The predicted octanol–water partition coefficient (Wildman–Crippen LogP) is 2.66. The lowest BCUT2D eigenvalue weighted by Gasteiger charge is -2.02. The average molecular weight is 185 g/mol. The number of benzene rings is 1. The molecule has 0 unspecified atom stereocenters. The van der Waals surface area contributed by atoms with E-state index >= 15 is 0 Å². The van der Waals surface area contributed by atoms with Crippen molar-refractivity contribution in [2.45, 2.75) is 6.92 Å². The Kier molecular flexibility index (Phi) is 1.94. The van der Waals surface area contributed by atoms with E-state index in [1.807, 2.05) is 25.1 Å². The van der Waals surface area contributed by atoms with Crippen LogP contribution in [0.3, 0.4) is 0 Å². The van der Waals surface area contributed by atoms with Gasteiger partial charge in [0, 0.05) is 17.0 Å². The molecule has 68 valence electrons. The van der Waals surface area contributed by atoms with Crippen molar-refractivity contribution < 1.29 is 4.39 Å². The van der Waals surface area contributed by atoms with Gasteiger partial charge in [0.25, 0.3) is 0 Å². The molecular weight excluding hydrogens is 177 g/mol. The highest BCUT2D eigenvalue weighted by Crippen LogP contribution is 2.20. The molecule has 0 N–H and O–H groups in total. The summed E-state index contributed by atoms with van der Waals surface area (Å²) in [4.78, 5) is 3.61. The van der Waals surface area contributed by atoms with Crippen LogP contribution >= 0.6 is 0 Å². The fourth-order valence-electron chi connectivity index (χ4n) is 1.46. The number of aromatic nitrogens is 1. The van der Waals surface area contributed by atoms with E-state index in [1.165, 1.54) is 6.20 Å². The first kappa shape index (κ1) is 8.71. The number of hydrogen-bond donors (Lipinski definition) is 0. The van der Waals surface area contributed by atoms with Crippen LogP contribution in [0.15, 0.2) is 24.4 Å². The summed E-state index contributed by atoms with van der Waals surface area (Å²) in [7, 11) is 0. The smallest absolute Gasteiger partial charge is 0.227 e. The monoisotopic (exact) mass is 185 g/mol. The molecule has 2 aromatic rings. The lowest BCUT2D eigenvalue weighted by atomic mass is 10.1. The van der Waals surface area contributed by atoms with Crippen molar-refractivity contribution in [3.8, 4) is 12.3 Å². The minimum absolute atomic E-state index is 0.238. The third-order valence-electron chi connectivity index (χ3n) is 2.14. The summed E-state index contributed by atoms with van der Waals surface area (Å²) in [5.74, 6) is 1.74. The van der Waals surface area contributed by atoms with E-state index in [2.05, 4.69) is 10.9 Å². The van der Waals surface area contributed by atoms with Gasteiger partial charge in [-0.3, -0.25) is 0 Å². The molecule has 1 heterocycles. The van der Waals surface area contributed by atoms with Crippen LogP contribution in [0, 0.1) is 25.2 Å². The van der Waals surface area contributed by atoms with Gasteiger partial charge in [-0.25, -0.2) is 4.98 Å². The number of rotatable bonds is 0. The zero-order valence-corrected chi connectivity index (χ0v) is 7.71. The average Bonchev–Trinajstić information content (AvgIpc) is 2.18. The minimum atomic E-state index is -0.580. The van der Waals surface area contributed by atoms with Gasteiger partial charge in [0.15, 0.2) is 0 Å². The van der Waals surface area contributed by atoms with Crippen molar-refractivity contribution in [2.75, 3.05) is 0 Å². The Labute approximate surface area is 81.6 Å². The summed E-state index contributed by atoms with van der Waals surface area (Å²) in [6, 6.07) is 5.66. The van der Waals surface area contributed by atoms with Crippen LogP contribution in [-0.4, -0.2) is 4.98 Å². The summed E-state index contributed by atoms with van der Waals surface area (Å²) in [6.07, 6.45) is 6.72. The van der Waals surface area contributed by atoms with Crippen molar-refractivity contribution in [2.24, 2.45) is 0 Å². The number of halogens is 1. The van der Waals surface area contributed by atoms with E-state index in [0.717, 1.165) is 16.3 Å². The fourth-order valence-corrected chi connectivity index (χ4v) is 1.46. The number of pyridine rings is 1. The molecule has 0 bridgehead atoms. The highest BCUT2D eigenvalue weighted by atomic mass is 19.1. The molecule has 0 fully saturated rings. The van der Waals surface area contributed by atoms with E-state index < -0.39 is 5.95 Å². The number of fused-ring (bicyclic) bond motifs is 1. The van der Waals surface area contributed by atoms with Crippen LogP contribution in [0.2, 0.25) is 0 Å². The first-order valence-corrected chi connectivity index (χ1v) is 4.24. The molecule has 2 heteroatoms. The summed E-state index contributed by atoms with van der Waals surface area (Å²) < 4.78 is 13.2. The number of terminal acetylenes is 1. The molecule has 0 aliphatic carbocycles. The molecule has 1 aromatic heterocycles. The van der Waals surface area contributed by atoms with Gasteiger partial charge in [-0.15, -0.1) is 6.42 Å². The number of hydrogen-bond acceptors (Lipinski definition) is 1. The van der Waals surface area contributed by atoms with Gasteiger partial charge in [0.2, 0.25) is 5.95 Å². The highest BCUT2D eigenvalue weighted by molar-refractivity contribution is 5.87. The zero-order valence-electron chi connectivity index (χ0n) is 7.71. The largest absolute Gasteiger partial charge is 0.229 e. The van der Waals surface area contributed by atoms with Crippen molar-refractivity contribution in [1.29, 1.82) is 0 Å². The first-order chi connectivity index (χ1) is 6.72. The number of aryl methyl sites for hydroxylation is 1. The van der Waals surface area contributed by atoms with E-state index in [0.29, 0.717) is 0 Å². The third-order valence-corrected chi connectivity index (χ3v) is 2.14. The fraction of sp³-hybridized carbons (Fsp3) is 0.0833. The molecule has 0 saturated carbocycles. The Hall–Kier alpha value is -1.88. The highest BCUT2D eigenvalue weighted by Gasteiger charge is 2.05. The summed E-state index contributed by atoms with van der Waals surface area (Å²) in [5, 5.41) is 1.62. The lowest BCUT2D eigenvalue weighted by molar-refractivity contribution is 0.583. The summed E-state index contributed by atoms with van der Waals surface area (Å²) in [5.41, 5.74) is 1.34. The second-order valence-corrected chi connectivity index (χ2v) is 3.16. The molecule has 0 atom stereocenters. The molecule has 0 aliphatic heterocycles. The molecule has 0 radical (unpaired) electrons. The molecule has 2 rings (SSSR count). The van der Waals surface area contributed by atoms with Crippen molar-refractivity contribution in [3.05, 3.63) is 41.5 Å². The zero-order chi connectivity index (χ0) is 10.1. The molecule has 14 heavy (non-hydrogen) atoms. The minimum Gasteiger partial charge on any atom is -0.227 e. The van der Waals surface area contributed by atoms with Gasteiger partial charge in [0.05, 0.1) is 5.56 Å². The van der Waals surface area contributed by atoms with Gasteiger partial charge < -0.3 is 0 Å². The second kappa shape index (κ2) is 3.12. The van der Waals surface area contributed by atoms with Crippen LogP contribution < -0.4 is 0 Å². The quantitative estimate of drug-likeness (QED) is 0.454. The van der Waals surface area contributed by atoms with Crippen molar-refractivity contribution in [3.63, 3.8) is 0 Å². The summed E-state index contributed by atoms with van der Waals surface area (Å²) in [6.45, 7) is 1.97. The van der Waals surface area contributed by atoms with Gasteiger partial charge in [0.1, 0.15) is 0 Å². The standard InChI is InChI=1S/C12H8FN/c1-3-10-11-5-4-8(2)6-9(11)7-14-12(10)13/h1,4-7H,2H3. The Bertz CT molecular complexity index is 538. The Balaban J connectivity index is 2.90. The Morgan fingerprint density at radius 1 is 1.43 bits per heavy atom. The van der Waals surface area contributed by atoms with Crippen LogP contribution in [0.1, 0.15) is 11.1 Å². The molecule has 0 amide bonds. The van der Waals surface area contributed by atoms with Crippen LogP contribution in [0.25, 0.3) is 10.8 Å². The van der Waals surface area contributed by atoms with Crippen molar-refractivity contribution in [1.82, 2.24) is 4.98 Å². The van der Waals surface area contributed by atoms with Crippen LogP contribution in [0.5, 0.6) is 0 Å². The van der Waals surface area contributed by atoms with Crippen LogP contribution in [0.4, 0.5) is 4.39 Å². The first-order valence-electron chi connectivity index (χ1n) is 4.24. The maximum atomic E-state index is 13.2. The van der Waals surface area contributed by atoms with Gasteiger partial charge in [-0.1, -0.05) is 23.6 Å². The lowest BCUT2D eigenvalue weighted by Crippen LogP contribution is -1.90. The molecule has 1 aromatic carbocycles. The number of nitrogens with zero attached hydrogens (tertiary/aromatic N) is 1. The second-order valence-electron chi connectivity index (χ2n) is 3.16. The van der Waals surface area contributed by atoms with Crippen molar-refractivity contribution >= 4 is 10.8 Å². The SMILES string of the molecule is C#Cc1c(F)ncc2cc(C)ccc12. The predicted molar refractivity (Wildman–Crippen MR) is 54.4 cm³/mol. The van der Waals surface area contributed by atoms with E-state index in [-0.39, 0.29) is 5.56 Å². The van der Waals surface area contributed by atoms with Gasteiger partial charge in [-0.05, 0) is 13.0 Å². The van der Waals surface area contributed by atoms with Gasteiger partial charge in [-0.2, -0.15) is 4.39 Å².